The molecule has 23 heteroatoms. The average Bonchev–Trinajstić information content (AvgIpc) is 3.63. The van der Waals surface area contributed by atoms with Gasteiger partial charge >= 0.3 is 0 Å². The number of hydrogen-bond acceptors (Lipinski definition) is 22. The van der Waals surface area contributed by atoms with E-state index >= 15 is 0 Å². The molecule has 1 heterocycles. The molecule has 2 aromatic carbocycles. The number of carbonyl (C=O) groups is 2. The molecule has 4 N–H and O–H groups in total. The van der Waals surface area contributed by atoms with E-state index in [0.717, 1.165) is 4.90 Å². The van der Waals surface area contributed by atoms with Crippen LogP contribution in [0.3, 0.4) is 0 Å². The monoisotopic (exact) mass is 1000 g/mol. The van der Waals surface area contributed by atoms with Crippen molar-refractivity contribution in [1.82, 2.24) is 0 Å². The minimum atomic E-state index is -0.655. The van der Waals surface area contributed by atoms with E-state index in [1.807, 2.05) is 0 Å². The van der Waals surface area contributed by atoms with Gasteiger partial charge in [-0.3, -0.25) is 9.59 Å². The number of nitrogens with zero attached hydrogens (tertiary/aromatic N) is 1. The summed E-state index contributed by atoms with van der Waals surface area (Å²) in [6.07, 6.45) is 0. The van der Waals surface area contributed by atoms with Gasteiger partial charge in [0.2, 0.25) is 5.75 Å². The Morgan fingerprint density at radius 3 is 0.829 bits per heavy atom. The van der Waals surface area contributed by atoms with Gasteiger partial charge in [0.15, 0.2) is 11.5 Å². The average molecular weight is 1000 g/mol. The molecule has 2 aromatic rings. The van der Waals surface area contributed by atoms with Crippen LogP contribution >= 0.6 is 0 Å². The molecular formula is C47H77N3O20. The number of anilines is 3. The number of nitrogens with two attached hydrogens (primary N) is 2. The predicted octanol–water partition coefficient (Wildman–Crippen LogP) is 1.93. The van der Waals surface area contributed by atoms with Crippen molar-refractivity contribution < 1.29 is 94.9 Å². The highest BCUT2D eigenvalue weighted by atomic mass is 16.6. The van der Waals surface area contributed by atoms with E-state index in [2.05, 4.69) is 0 Å². The first-order chi connectivity index (χ1) is 34.4. The van der Waals surface area contributed by atoms with Crippen LogP contribution in [0.2, 0.25) is 0 Å². The van der Waals surface area contributed by atoms with E-state index in [9.17, 15) is 9.59 Å². The number of fused-ring (bicyclic) bond motifs is 1. The molecule has 400 valence electrons. The number of amides is 2. The highest BCUT2D eigenvalue weighted by molar-refractivity contribution is 6.37. The van der Waals surface area contributed by atoms with Crippen LogP contribution in [0, 0.1) is 0 Å². The summed E-state index contributed by atoms with van der Waals surface area (Å²) in [6.45, 7) is 11.0. The summed E-state index contributed by atoms with van der Waals surface area (Å²) < 4.78 is 100. The third-order valence-corrected chi connectivity index (χ3v) is 9.46. The van der Waals surface area contributed by atoms with Gasteiger partial charge in [0.1, 0.15) is 19.8 Å². The highest BCUT2D eigenvalue weighted by Crippen LogP contribution is 2.44. The minimum Gasteiger partial charge on any atom is -0.487 e. The number of carbonyl (C=O) groups excluding carboxylic acids is 2. The fourth-order valence-electron chi connectivity index (χ4n) is 6.03. The van der Waals surface area contributed by atoms with Crippen LogP contribution in [0.15, 0.2) is 24.3 Å². The number of benzene rings is 2. The Morgan fingerprint density at radius 2 is 0.571 bits per heavy atom. The van der Waals surface area contributed by atoms with Gasteiger partial charge < -0.3 is 96.7 Å². The van der Waals surface area contributed by atoms with E-state index in [-0.39, 0.29) is 85.1 Å². The molecule has 0 unspecified atom stereocenters. The lowest BCUT2D eigenvalue weighted by Gasteiger charge is -2.21. The van der Waals surface area contributed by atoms with Crippen LogP contribution in [-0.2, 0) is 71.1 Å². The molecule has 1 aliphatic rings. The molecule has 0 atom stereocenters. The molecule has 0 bridgehead atoms. The summed E-state index contributed by atoms with van der Waals surface area (Å²) >= 11 is 0. The summed E-state index contributed by atoms with van der Waals surface area (Å²) in [5.74, 6) is -0.782. The lowest BCUT2D eigenvalue weighted by Crippen LogP contribution is -2.30. The lowest BCUT2D eigenvalue weighted by molar-refractivity contribution is -0.0108. The van der Waals surface area contributed by atoms with Gasteiger partial charge in [0, 0.05) is 44.8 Å². The Balaban J connectivity index is 1.60. The van der Waals surface area contributed by atoms with Gasteiger partial charge in [-0.1, -0.05) is 0 Å². The van der Waals surface area contributed by atoms with Crippen LogP contribution in [-0.4, -0.2) is 231 Å². The number of imide groups is 1. The van der Waals surface area contributed by atoms with Crippen molar-refractivity contribution in [3.63, 3.8) is 0 Å². The minimum absolute atomic E-state index is 0.00975. The van der Waals surface area contributed by atoms with Gasteiger partial charge in [-0.2, -0.15) is 0 Å². The molecule has 0 radical (unpaired) electrons. The van der Waals surface area contributed by atoms with Gasteiger partial charge in [-0.05, 0) is 12.1 Å². The van der Waals surface area contributed by atoms with Gasteiger partial charge in [-0.25, -0.2) is 4.90 Å². The maximum atomic E-state index is 13.8. The normalized spacial score (nSPS) is 12.4. The Kier molecular flexibility index (Phi) is 34.9. The molecule has 3 rings (SSSR count). The van der Waals surface area contributed by atoms with Crippen LogP contribution in [0.4, 0.5) is 17.1 Å². The topological polar surface area (TPSA) is 256 Å². The van der Waals surface area contributed by atoms with Crippen molar-refractivity contribution in [3.8, 4) is 17.2 Å². The lowest BCUT2D eigenvalue weighted by atomic mass is 10.1. The second kappa shape index (κ2) is 40.6. The molecule has 70 heavy (non-hydrogen) atoms. The molecular weight excluding hydrogens is 927 g/mol. The molecule has 0 fully saturated rings. The summed E-state index contributed by atoms with van der Waals surface area (Å²) in [5.41, 5.74) is 12.7. The Hall–Kier alpha value is -4.02. The quantitative estimate of drug-likeness (QED) is 0.0545. The Labute approximate surface area is 411 Å². The first kappa shape index (κ1) is 60.3. The van der Waals surface area contributed by atoms with Crippen LogP contribution in [0.1, 0.15) is 20.7 Å². The van der Waals surface area contributed by atoms with Gasteiger partial charge in [0.05, 0.1) is 195 Å². The Morgan fingerprint density at radius 1 is 0.343 bits per heavy atom. The summed E-state index contributed by atoms with van der Waals surface area (Å²) in [5, 5.41) is 0. The number of ether oxygens (including phenoxy) is 18. The summed E-state index contributed by atoms with van der Waals surface area (Å²) in [6, 6.07) is 5.99. The van der Waals surface area contributed by atoms with Gasteiger partial charge in [-0.15, -0.1) is 0 Å². The molecule has 23 nitrogen and oxygen atoms in total. The zero-order valence-corrected chi connectivity index (χ0v) is 41.3. The van der Waals surface area contributed by atoms with Crippen molar-refractivity contribution in [3.05, 3.63) is 35.4 Å². The number of hydrogen-bond donors (Lipinski definition) is 2. The van der Waals surface area contributed by atoms with Gasteiger partial charge in [0.25, 0.3) is 11.8 Å². The largest absolute Gasteiger partial charge is 0.487 e. The smallest absolute Gasteiger partial charge is 0.268 e. The van der Waals surface area contributed by atoms with E-state index in [1.165, 1.54) is 24.3 Å². The van der Waals surface area contributed by atoms with Crippen molar-refractivity contribution in [2.45, 2.75) is 0 Å². The van der Waals surface area contributed by atoms with Crippen LogP contribution in [0.25, 0.3) is 0 Å². The maximum absolute atomic E-state index is 13.8. The molecule has 0 spiro atoms. The Bertz CT molecular complexity index is 1570. The molecule has 0 aliphatic carbocycles. The summed E-state index contributed by atoms with van der Waals surface area (Å²) in [4.78, 5) is 28.7. The molecule has 1 aliphatic heterocycles. The highest BCUT2D eigenvalue weighted by Gasteiger charge is 2.40. The summed E-state index contributed by atoms with van der Waals surface area (Å²) in [7, 11) is 4.86. The van der Waals surface area contributed by atoms with E-state index in [1.54, 1.807) is 21.3 Å². The number of methoxy groups -OCH3 is 3. The molecule has 0 saturated heterocycles. The maximum Gasteiger partial charge on any atom is 0.268 e. The van der Waals surface area contributed by atoms with E-state index in [4.69, 9.17) is 96.7 Å². The fraction of sp³-hybridized carbons (Fsp3) is 0.702. The first-order valence-corrected chi connectivity index (χ1v) is 23.5. The zero-order valence-electron chi connectivity index (χ0n) is 41.3. The number of rotatable bonds is 49. The molecule has 2 amide bonds. The first-order valence-electron chi connectivity index (χ1n) is 23.5. The fourth-order valence-corrected chi connectivity index (χ4v) is 6.03. The third kappa shape index (κ3) is 25.4. The third-order valence-electron chi connectivity index (χ3n) is 9.46. The van der Waals surface area contributed by atoms with Crippen molar-refractivity contribution in [2.24, 2.45) is 0 Å². The zero-order chi connectivity index (χ0) is 50.1. The van der Waals surface area contributed by atoms with Crippen LogP contribution < -0.4 is 30.6 Å². The van der Waals surface area contributed by atoms with Crippen molar-refractivity contribution in [1.29, 1.82) is 0 Å². The van der Waals surface area contributed by atoms with Crippen molar-refractivity contribution >= 4 is 28.9 Å². The predicted molar refractivity (Wildman–Crippen MR) is 255 cm³/mol. The SMILES string of the molecule is COCCOCCOCCOCCOCCOc1cc(N2C(=O)c3c(N)ccc(N)c3C2=O)cc(OCCOCCOCCOCCOCCOC)c1OCCOCCOCCOCCOCCOC. The van der Waals surface area contributed by atoms with E-state index < -0.39 is 11.8 Å². The molecule has 0 saturated carbocycles. The second-order valence-corrected chi connectivity index (χ2v) is 14.6. The number of nitrogen functional groups attached to an aromatic ring is 2. The second-order valence-electron chi connectivity index (χ2n) is 14.6. The molecule has 0 aromatic heterocycles. The van der Waals surface area contributed by atoms with Crippen LogP contribution in [0.5, 0.6) is 17.2 Å². The van der Waals surface area contributed by atoms with Crippen molar-refractivity contribution in [2.75, 3.05) is 236 Å². The standard InChI is InChI=1S/C47H77N3O20/c1-53-6-9-56-12-15-59-18-21-62-24-27-65-30-33-68-41-36-38(50-46(51)43-39(48)4-5-40(49)44(43)47(50)52)37-42(69-34-31-66-28-25-63-22-19-60-16-13-57-10-7-54-2)45(41)70-35-32-67-29-26-64-23-20-61-17-14-58-11-8-55-3/h4-5,36-37H,6-35,48-49H2,1-3H3. The van der Waals surface area contributed by atoms with E-state index in [0.29, 0.717) is 159 Å².